The van der Waals surface area contributed by atoms with Gasteiger partial charge in [0.25, 0.3) is 0 Å². The lowest BCUT2D eigenvalue weighted by atomic mass is 9.44. The Bertz CT molecular complexity index is 616. The second-order valence-electron chi connectivity index (χ2n) is 12.7. The number of nitriles is 1. The van der Waals surface area contributed by atoms with Gasteiger partial charge in [-0.25, -0.2) is 0 Å². The summed E-state index contributed by atoms with van der Waals surface area (Å²) < 4.78 is 0. The number of nitrogens with zero attached hydrogens (tertiary/aromatic N) is 1. The van der Waals surface area contributed by atoms with Crippen LogP contribution in [0, 0.1) is 69.5 Å². The molecule has 0 bridgehead atoms. The first-order valence-electron chi connectivity index (χ1n) is 13.2. The van der Waals surface area contributed by atoms with Gasteiger partial charge in [-0.2, -0.15) is 5.26 Å². The number of rotatable bonds is 5. The average Bonchev–Trinajstić information content (AvgIpc) is 2.99. The maximum Gasteiger partial charge on any atom is 0.0659 e. The van der Waals surface area contributed by atoms with E-state index in [1.807, 2.05) is 0 Å². The molecule has 0 saturated heterocycles. The molecule has 4 saturated carbocycles. The molecule has 4 aliphatic rings. The van der Waals surface area contributed by atoms with Crippen LogP contribution in [-0.4, -0.2) is 0 Å². The van der Waals surface area contributed by atoms with Crippen LogP contribution < -0.4 is 0 Å². The lowest BCUT2D eigenvalue weighted by Gasteiger charge is -2.60. The molecule has 9 atom stereocenters. The quantitative estimate of drug-likeness (QED) is 0.458. The van der Waals surface area contributed by atoms with Crippen LogP contribution in [0.15, 0.2) is 0 Å². The van der Waals surface area contributed by atoms with Crippen molar-refractivity contribution in [1.82, 2.24) is 0 Å². The summed E-state index contributed by atoms with van der Waals surface area (Å²) in [7, 11) is 0. The highest BCUT2D eigenvalue weighted by Gasteiger charge is 2.62. The molecule has 1 nitrogen and oxygen atoms in total. The largest absolute Gasteiger partial charge is 0.198 e. The van der Waals surface area contributed by atoms with Crippen molar-refractivity contribution in [2.45, 2.75) is 112 Å². The van der Waals surface area contributed by atoms with Crippen LogP contribution in [0.4, 0.5) is 0 Å². The van der Waals surface area contributed by atoms with Gasteiger partial charge in [-0.3, -0.25) is 0 Å². The average molecular weight is 398 g/mol. The van der Waals surface area contributed by atoms with Crippen molar-refractivity contribution in [1.29, 1.82) is 5.26 Å². The molecule has 2 unspecified atom stereocenters. The molecule has 4 aliphatic carbocycles. The van der Waals surface area contributed by atoms with Gasteiger partial charge in [0.05, 0.1) is 12.0 Å². The predicted molar refractivity (Wildman–Crippen MR) is 122 cm³/mol. The van der Waals surface area contributed by atoms with Crippen LogP contribution in [-0.2, 0) is 0 Å². The molecule has 0 aromatic rings. The van der Waals surface area contributed by atoms with Gasteiger partial charge in [-0.05, 0) is 97.2 Å². The van der Waals surface area contributed by atoms with E-state index in [2.05, 4.69) is 40.7 Å². The van der Waals surface area contributed by atoms with Crippen molar-refractivity contribution >= 4 is 0 Å². The first kappa shape index (κ1) is 21.7. The first-order chi connectivity index (χ1) is 13.8. The van der Waals surface area contributed by atoms with Crippen molar-refractivity contribution < 1.29 is 0 Å². The van der Waals surface area contributed by atoms with Gasteiger partial charge in [-0.15, -0.1) is 0 Å². The second-order valence-corrected chi connectivity index (χ2v) is 12.7. The summed E-state index contributed by atoms with van der Waals surface area (Å²) in [5.74, 6) is 6.17. The Balaban J connectivity index is 1.54. The van der Waals surface area contributed by atoms with E-state index in [1.54, 1.807) is 0 Å². The van der Waals surface area contributed by atoms with E-state index in [0.717, 1.165) is 29.6 Å². The van der Waals surface area contributed by atoms with Gasteiger partial charge < -0.3 is 0 Å². The Morgan fingerprint density at radius 1 is 0.897 bits per heavy atom. The molecular weight excluding hydrogens is 350 g/mol. The summed E-state index contributed by atoms with van der Waals surface area (Å²) in [5, 5.41) is 10.1. The zero-order valence-electron chi connectivity index (χ0n) is 20.1. The molecule has 0 aromatic heterocycles. The lowest BCUT2D eigenvalue weighted by molar-refractivity contribution is -0.114. The van der Waals surface area contributed by atoms with Gasteiger partial charge in [0.15, 0.2) is 0 Å². The SMILES string of the molecule is CC(C)CCC[C@@H](C)[C@H]1C(C#N)C[C@H]2[C@@H]3CCC4CCCC[C@]4(C)[C@H]3CC[C@]12C. The summed E-state index contributed by atoms with van der Waals surface area (Å²) in [6, 6.07) is 2.84. The van der Waals surface area contributed by atoms with E-state index in [9.17, 15) is 5.26 Å². The zero-order chi connectivity index (χ0) is 20.8. The minimum Gasteiger partial charge on any atom is -0.198 e. The van der Waals surface area contributed by atoms with Gasteiger partial charge in [0.1, 0.15) is 0 Å². The molecule has 164 valence electrons. The van der Waals surface area contributed by atoms with Crippen LogP contribution in [0.5, 0.6) is 0 Å². The van der Waals surface area contributed by atoms with E-state index >= 15 is 0 Å². The minimum atomic E-state index is 0.315. The normalized spacial score (nSPS) is 47.8. The standard InChI is InChI=1S/C28H47N/c1-19(2)9-8-10-20(3)26-21(18-29)17-25-23-13-12-22-11-6-7-15-27(22,4)24(23)14-16-28(25,26)5/h19-26H,6-17H2,1-5H3/t20-,21?,22?,23-,24+,25+,26+,27+,28+/m1/s1. The van der Waals surface area contributed by atoms with E-state index in [0.29, 0.717) is 28.6 Å². The summed E-state index contributed by atoms with van der Waals surface area (Å²) in [5.41, 5.74) is 1.04. The van der Waals surface area contributed by atoms with Crippen molar-refractivity contribution in [2.75, 3.05) is 0 Å². The molecule has 29 heavy (non-hydrogen) atoms. The van der Waals surface area contributed by atoms with Crippen LogP contribution in [0.1, 0.15) is 112 Å². The maximum atomic E-state index is 10.1. The Hall–Kier alpha value is -0.510. The summed E-state index contributed by atoms with van der Waals surface area (Å²) in [4.78, 5) is 0. The van der Waals surface area contributed by atoms with Crippen molar-refractivity contribution in [3.8, 4) is 6.07 Å². The lowest BCUT2D eigenvalue weighted by Crippen LogP contribution is -2.53. The molecule has 0 amide bonds. The van der Waals surface area contributed by atoms with Crippen molar-refractivity contribution in [2.24, 2.45) is 58.2 Å². The third-order valence-corrected chi connectivity index (χ3v) is 10.9. The molecule has 0 spiro atoms. The van der Waals surface area contributed by atoms with Crippen LogP contribution in [0.3, 0.4) is 0 Å². The minimum absolute atomic E-state index is 0.315. The molecule has 1 heteroatoms. The van der Waals surface area contributed by atoms with Crippen LogP contribution in [0.25, 0.3) is 0 Å². The van der Waals surface area contributed by atoms with Gasteiger partial charge in [-0.1, -0.05) is 66.7 Å². The van der Waals surface area contributed by atoms with E-state index in [-0.39, 0.29) is 0 Å². The molecule has 0 aromatic carbocycles. The summed E-state index contributed by atoms with van der Waals surface area (Å²) in [6.45, 7) is 12.5. The van der Waals surface area contributed by atoms with Gasteiger partial charge >= 0.3 is 0 Å². The summed E-state index contributed by atoms with van der Waals surface area (Å²) >= 11 is 0. The highest BCUT2D eigenvalue weighted by molar-refractivity contribution is 5.14. The van der Waals surface area contributed by atoms with E-state index < -0.39 is 0 Å². The molecule has 0 aliphatic heterocycles. The fraction of sp³-hybridized carbons (Fsp3) is 0.964. The monoisotopic (exact) mass is 397 g/mol. The molecule has 0 N–H and O–H groups in total. The predicted octanol–water partition coefficient (Wildman–Crippen LogP) is 8.25. The van der Waals surface area contributed by atoms with Gasteiger partial charge in [0, 0.05) is 0 Å². The summed E-state index contributed by atoms with van der Waals surface area (Å²) in [6.07, 6.45) is 17.0. The number of hydrogen-bond acceptors (Lipinski definition) is 1. The number of hydrogen-bond donors (Lipinski definition) is 0. The second kappa shape index (κ2) is 8.20. The fourth-order valence-corrected chi connectivity index (χ4v) is 9.59. The molecule has 4 fully saturated rings. The Morgan fingerprint density at radius 2 is 1.69 bits per heavy atom. The first-order valence-corrected chi connectivity index (χ1v) is 13.2. The number of fused-ring (bicyclic) bond motifs is 5. The highest BCUT2D eigenvalue weighted by atomic mass is 14.7. The Kier molecular flexibility index (Phi) is 6.14. The smallest absolute Gasteiger partial charge is 0.0659 e. The topological polar surface area (TPSA) is 23.8 Å². The highest BCUT2D eigenvalue weighted by Crippen LogP contribution is 2.69. The van der Waals surface area contributed by atoms with E-state index in [1.165, 1.54) is 77.0 Å². The molecule has 0 heterocycles. The molecule has 4 rings (SSSR count). The van der Waals surface area contributed by atoms with Crippen molar-refractivity contribution in [3.05, 3.63) is 0 Å². The van der Waals surface area contributed by atoms with Gasteiger partial charge in [0.2, 0.25) is 0 Å². The fourth-order valence-electron chi connectivity index (χ4n) is 9.59. The molecular formula is C28H47N. The van der Waals surface area contributed by atoms with Crippen LogP contribution >= 0.6 is 0 Å². The Morgan fingerprint density at radius 3 is 2.41 bits per heavy atom. The molecule has 0 radical (unpaired) electrons. The third-order valence-electron chi connectivity index (χ3n) is 10.9. The Labute approximate surface area is 181 Å². The zero-order valence-corrected chi connectivity index (χ0v) is 20.1. The van der Waals surface area contributed by atoms with Crippen molar-refractivity contribution in [3.63, 3.8) is 0 Å². The van der Waals surface area contributed by atoms with E-state index in [4.69, 9.17) is 0 Å². The third kappa shape index (κ3) is 3.59. The maximum absolute atomic E-state index is 10.1. The van der Waals surface area contributed by atoms with Crippen LogP contribution in [0.2, 0.25) is 0 Å².